The molecule has 0 N–H and O–H groups in total. The van der Waals surface area contributed by atoms with E-state index >= 15 is 0 Å². The van der Waals surface area contributed by atoms with Gasteiger partial charge in [0.15, 0.2) is 0 Å². The van der Waals surface area contributed by atoms with Gasteiger partial charge in [-0.25, -0.2) is 0 Å². The van der Waals surface area contributed by atoms with E-state index in [1.807, 2.05) is 72.8 Å². The topological polar surface area (TPSA) is 58.6 Å². The third-order valence-corrected chi connectivity index (χ3v) is 12.4. The summed E-state index contributed by atoms with van der Waals surface area (Å²) in [6.07, 6.45) is 12.8. The largest absolute Gasteiger partial charge is 0.632 e. The van der Waals surface area contributed by atoms with Gasteiger partial charge in [-0.2, -0.15) is 0 Å². The van der Waals surface area contributed by atoms with Gasteiger partial charge in [0.1, 0.15) is 34.5 Å². The molecule has 0 spiro atoms. The van der Waals surface area contributed by atoms with Crippen LogP contribution in [0.15, 0.2) is 218 Å². The van der Waals surface area contributed by atoms with Crippen LogP contribution >= 0.6 is 0 Å². The average Bonchev–Trinajstić information content (AvgIpc) is 4.19. The molecule has 332 valence electrons. The fourth-order valence-corrected chi connectivity index (χ4v) is 8.63. The monoisotopic (exact) mass is 905 g/mol. The van der Waals surface area contributed by atoms with E-state index in [4.69, 9.17) is 27.9 Å². The predicted molar refractivity (Wildman–Crippen MR) is 286 cm³/mol. The Kier molecular flexibility index (Phi) is 11.5. The maximum Gasteiger partial charge on any atom is 0.632 e. The Morgan fingerprint density at radius 3 is 0.614 bits per heavy atom. The Morgan fingerprint density at radius 2 is 0.414 bits per heavy atom. The summed E-state index contributed by atoms with van der Waals surface area (Å²) in [6, 6.07) is 74.1. The summed E-state index contributed by atoms with van der Waals surface area (Å²) in [5.41, 5.74) is 12.6. The van der Waals surface area contributed by atoms with Crippen LogP contribution in [-0.2, 0) is 0 Å². The van der Waals surface area contributed by atoms with Gasteiger partial charge in [0.25, 0.3) is 0 Å². The van der Waals surface area contributed by atoms with Gasteiger partial charge in [-0.3, -0.25) is 0 Å². The Morgan fingerprint density at radius 1 is 0.229 bits per heavy atom. The van der Waals surface area contributed by atoms with E-state index < -0.39 is 21.4 Å². The maximum atomic E-state index is 6.01. The molecule has 0 unspecified atom stereocenters. The lowest BCUT2D eigenvalue weighted by Gasteiger charge is -2.26. The van der Waals surface area contributed by atoms with Crippen LogP contribution < -0.4 is 49.2 Å². The first-order chi connectivity index (χ1) is 34.6. The second-order valence-electron chi connectivity index (χ2n) is 17.2. The zero-order chi connectivity index (χ0) is 46.6. The van der Waals surface area contributed by atoms with Crippen molar-refractivity contribution in [1.29, 1.82) is 0 Å². The highest BCUT2D eigenvalue weighted by Crippen LogP contribution is 2.37. The molecule has 9 aromatic carbocycles. The zero-order valence-electron chi connectivity index (χ0n) is 37.9. The number of para-hydroxylation sites is 6. The molecule has 0 saturated heterocycles. The Balaban J connectivity index is 0.748. The molecule has 0 radical (unpaired) electrons. The van der Waals surface area contributed by atoms with Crippen molar-refractivity contribution in [3.05, 3.63) is 252 Å². The van der Waals surface area contributed by atoms with Gasteiger partial charge in [-0.1, -0.05) is 182 Å². The van der Waals surface area contributed by atoms with Gasteiger partial charge in [0, 0.05) is 33.5 Å². The number of fused-ring (bicyclic) bond motifs is 3. The van der Waals surface area contributed by atoms with Crippen molar-refractivity contribution in [3.8, 4) is 34.5 Å². The smallest absolute Gasteiger partial charge is 0.519 e. The van der Waals surface area contributed by atoms with Crippen LogP contribution in [-0.4, -0.2) is 21.4 Å². The maximum absolute atomic E-state index is 6.01. The normalized spacial score (nSPS) is 13.3. The number of hydrogen-bond acceptors (Lipinski definition) is 7. The second-order valence-corrected chi connectivity index (χ2v) is 17.2. The van der Waals surface area contributed by atoms with E-state index in [0.717, 1.165) is 101 Å². The van der Waals surface area contributed by atoms with E-state index in [9.17, 15) is 0 Å². The quantitative estimate of drug-likeness (QED) is 0.0894. The summed E-state index contributed by atoms with van der Waals surface area (Å²) in [5, 5.41) is 0. The van der Waals surface area contributed by atoms with Gasteiger partial charge in [0.05, 0.1) is 0 Å². The standard InChI is InChI=1S/C60H42B3NO6/c1-2-8-56-55(7-1)65-61(66-56)49-31-19-43(20-32-49)13-16-46-25-37-52(38-26-46)64(53-39-27-47(28-40-53)17-14-44-21-33-50(34-22-44)62-67-57-9-3-4-10-58(57)68-62)54-41-29-48(30-42-54)18-15-45-23-35-51(36-24-45)63-69-59-11-5-6-12-60(59)70-63/h1-42H. The lowest BCUT2D eigenvalue weighted by molar-refractivity contribution is 0.518. The lowest BCUT2D eigenvalue weighted by atomic mass is 9.79. The molecule has 0 aromatic heterocycles. The van der Waals surface area contributed by atoms with Crippen LogP contribution in [0, 0.1) is 0 Å². The molecule has 0 atom stereocenters. The number of benzene rings is 9. The Hall–Kier alpha value is -9.01. The number of anilines is 3. The van der Waals surface area contributed by atoms with E-state index in [0.29, 0.717) is 0 Å². The Labute approximate surface area is 408 Å². The molecule has 7 nitrogen and oxygen atoms in total. The molecular weight excluding hydrogens is 863 g/mol. The van der Waals surface area contributed by atoms with Crippen LogP contribution in [0.1, 0.15) is 33.4 Å². The highest BCUT2D eigenvalue weighted by atomic mass is 16.6. The van der Waals surface area contributed by atoms with Crippen LogP contribution in [0.5, 0.6) is 34.5 Å². The van der Waals surface area contributed by atoms with E-state index in [1.165, 1.54) is 0 Å². The fraction of sp³-hybridized carbons (Fsp3) is 0. The van der Waals surface area contributed by atoms with Gasteiger partial charge in [-0.15, -0.1) is 0 Å². The van der Waals surface area contributed by atoms with E-state index in [1.54, 1.807) is 0 Å². The molecule has 0 aliphatic carbocycles. The van der Waals surface area contributed by atoms with Crippen molar-refractivity contribution < 1.29 is 27.9 Å². The summed E-state index contributed by atoms with van der Waals surface area (Å²) in [4.78, 5) is 2.28. The van der Waals surface area contributed by atoms with Crippen molar-refractivity contribution in [2.45, 2.75) is 0 Å². The van der Waals surface area contributed by atoms with Crippen LogP contribution in [0.2, 0.25) is 0 Å². The van der Waals surface area contributed by atoms with Gasteiger partial charge >= 0.3 is 21.4 Å². The summed E-state index contributed by atoms with van der Waals surface area (Å²) >= 11 is 0. The zero-order valence-corrected chi connectivity index (χ0v) is 37.9. The minimum absolute atomic E-state index is 0.445. The molecule has 12 rings (SSSR count). The van der Waals surface area contributed by atoms with Gasteiger partial charge in [0.2, 0.25) is 0 Å². The molecule has 3 heterocycles. The summed E-state index contributed by atoms with van der Waals surface area (Å²) in [7, 11) is -1.33. The van der Waals surface area contributed by atoms with Crippen molar-refractivity contribution >= 4 is 91.3 Å². The number of nitrogens with zero attached hydrogens (tertiary/aromatic N) is 1. The molecule has 0 saturated carbocycles. The van der Waals surface area contributed by atoms with Crippen molar-refractivity contribution in [1.82, 2.24) is 0 Å². The second kappa shape index (κ2) is 18.9. The minimum Gasteiger partial charge on any atom is -0.519 e. The highest BCUT2D eigenvalue weighted by molar-refractivity contribution is 6.64. The van der Waals surface area contributed by atoms with Crippen LogP contribution in [0.25, 0.3) is 36.5 Å². The van der Waals surface area contributed by atoms with Gasteiger partial charge < -0.3 is 32.8 Å². The third-order valence-electron chi connectivity index (χ3n) is 12.4. The molecule has 0 bridgehead atoms. The molecule has 0 amide bonds. The first-order valence-corrected chi connectivity index (χ1v) is 23.3. The highest BCUT2D eigenvalue weighted by Gasteiger charge is 2.35. The van der Waals surface area contributed by atoms with E-state index in [-0.39, 0.29) is 0 Å². The molecule has 3 aliphatic rings. The molecule has 0 fully saturated rings. The number of hydrogen-bond donors (Lipinski definition) is 0. The third kappa shape index (κ3) is 9.18. The van der Waals surface area contributed by atoms with Gasteiger partial charge in [-0.05, 0) is 106 Å². The minimum atomic E-state index is -0.445. The van der Waals surface area contributed by atoms with Crippen molar-refractivity contribution in [2.75, 3.05) is 4.90 Å². The first kappa shape index (κ1) is 42.4. The molecule has 3 aliphatic heterocycles. The first-order valence-electron chi connectivity index (χ1n) is 23.3. The molecule has 70 heavy (non-hydrogen) atoms. The predicted octanol–water partition coefficient (Wildman–Crippen LogP) is 12.2. The van der Waals surface area contributed by atoms with Crippen molar-refractivity contribution in [2.24, 2.45) is 0 Å². The summed E-state index contributed by atoms with van der Waals surface area (Å²) in [5.74, 6) is 4.59. The van der Waals surface area contributed by atoms with Crippen LogP contribution in [0.4, 0.5) is 17.1 Å². The number of rotatable bonds is 12. The van der Waals surface area contributed by atoms with Crippen LogP contribution in [0.3, 0.4) is 0 Å². The summed E-state index contributed by atoms with van der Waals surface area (Å²) in [6.45, 7) is 0. The molecular formula is C60H42B3NO6. The fourth-order valence-electron chi connectivity index (χ4n) is 8.63. The average molecular weight is 905 g/mol. The Bertz CT molecular complexity index is 2940. The SMILES string of the molecule is C(=Cc1ccc(N(c2ccc(C=Cc3ccc(B4Oc5ccccc5O4)cc3)cc2)c2ccc(C=Cc3ccc(B4Oc5ccccc5O4)cc3)cc2)cc1)c1ccc(B2Oc3ccccc3O2)cc1. The summed E-state index contributed by atoms with van der Waals surface area (Å²) < 4.78 is 36.1. The van der Waals surface area contributed by atoms with Crippen molar-refractivity contribution in [3.63, 3.8) is 0 Å². The lowest BCUT2D eigenvalue weighted by Crippen LogP contribution is -2.38. The van der Waals surface area contributed by atoms with E-state index in [2.05, 4.69) is 187 Å². The molecule has 10 heteroatoms. The molecule has 9 aromatic rings.